The van der Waals surface area contributed by atoms with Crippen LogP contribution in [0.4, 0.5) is 19.0 Å². The summed E-state index contributed by atoms with van der Waals surface area (Å²) >= 11 is 0. The Morgan fingerprint density at radius 1 is 1.17 bits per heavy atom. The van der Waals surface area contributed by atoms with Crippen LogP contribution in [-0.4, -0.2) is 31.4 Å². The van der Waals surface area contributed by atoms with Crippen LogP contribution < -0.4 is 5.73 Å². The molecule has 0 amide bonds. The Hall–Kier alpha value is -2.35. The lowest BCUT2D eigenvalue weighted by Crippen LogP contribution is -2.28. The number of halogens is 3. The van der Waals surface area contributed by atoms with Gasteiger partial charge in [-0.1, -0.05) is 18.2 Å². The Kier molecular flexibility index (Phi) is 3.67. The number of para-hydroxylation sites is 1. The number of nitrogen functional groups attached to an aromatic ring is 1. The summed E-state index contributed by atoms with van der Waals surface area (Å²) < 4.78 is 40.2. The first kappa shape index (κ1) is 16.5. The lowest BCUT2D eigenvalue weighted by molar-refractivity contribution is -0.129. The molecule has 0 saturated heterocycles. The first-order valence-electron chi connectivity index (χ1n) is 7.38. The summed E-state index contributed by atoms with van der Waals surface area (Å²) in [4.78, 5) is 8.29. The van der Waals surface area contributed by atoms with Crippen molar-refractivity contribution in [2.24, 2.45) is 0 Å². The highest BCUT2D eigenvalue weighted by atomic mass is 19.4. The van der Waals surface area contributed by atoms with Gasteiger partial charge in [-0.15, -0.1) is 0 Å². The van der Waals surface area contributed by atoms with Gasteiger partial charge in [0, 0.05) is 5.39 Å². The van der Waals surface area contributed by atoms with Gasteiger partial charge in [0.1, 0.15) is 17.8 Å². The Bertz CT molecular complexity index is 909. The zero-order valence-corrected chi connectivity index (χ0v) is 13.2. The van der Waals surface area contributed by atoms with Crippen molar-refractivity contribution in [3.05, 3.63) is 30.1 Å². The number of anilines is 1. The molecule has 0 atom stereocenters. The number of aromatic nitrogens is 3. The van der Waals surface area contributed by atoms with Gasteiger partial charge < -0.3 is 15.4 Å². The van der Waals surface area contributed by atoms with Gasteiger partial charge in [-0.05, 0) is 19.9 Å². The maximum absolute atomic E-state index is 12.9. The zero-order chi connectivity index (χ0) is 17.7. The van der Waals surface area contributed by atoms with Gasteiger partial charge in [-0.25, -0.2) is 9.97 Å². The van der Waals surface area contributed by atoms with Crippen molar-refractivity contribution in [2.75, 3.05) is 5.73 Å². The molecule has 3 aromatic rings. The maximum Gasteiger partial charge on any atom is 0.396 e. The van der Waals surface area contributed by atoms with Crippen LogP contribution in [0, 0.1) is 0 Å². The minimum atomic E-state index is -4.42. The summed E-state index contributed by atoms with van der Waals surface area (Å²) in [5.74, 6) is -0.119. The second kappa shape index (κ2) is 5.34. The molecule has 0 fully saturated rings. The molecule has 3 N–H and O–H groups in total. The van der Waals surface area contributed by atoms with E-state index in [1.165, 1.54) is 18.4 Å². The number of imidazole rings is 1. The van der Waals surface area contributed by atoms with E-state index < -0.39 is 18.2 Å². The molecule has 24 heavy (non-hydrogen) atoms. The van der Waals surface area contributed by atoms with Crippen LogP contribution in [0.25, 0.3) is 21.9 Å². The summed E-state index contributed by atoms with van der Waals surface area (Å²) in [6, 6.07) is 7.03. The average Bonchev–Trinajstić information content (AvgIpc) is 2.75. The standard InChI is InChI=1S/C16H17F3N4O/c1-15(2,24)8-23-11(7-16(17,18)19)22-12-13(23)9-5-3-4-6-10(9)21-14(12)20/h3-6,24H,7-8H2,1-2H3,(H2,20,21). The van der Waals surface area contributed by atoms with Gasteiger partial charge in [0.05, 0.1) is 23.2 Å². The molecule has 0 radical (unpaired) electrons. The van der Waals surface area contributed by atoms with Gasteiger partial charge in [0.25, 0.3) is 0 Å². The minimum Gasteiger partial charge on any atom is -0.389 e. The Labute approximate surface area is 135 Å². The monoisotopic (exact) mass is 338 g/mol. The Morgan fingerprint density at radius 3 is 2.46 bits per heavy atom. The summed E-state index contributed by atoms with van der Waals surface area (Å²) in [6.07, 6.45) is -5.62. The average molecular weight is 338 g/mol. The molecule has 3 rings (SSSR count). The molecule has 0 aliphatic carbocycles. The van der Waals surface area contributed by atoms with Crippen LogP contribution in [0.5, 0.6) is 0 Å². The second-order valence-corrected chi connectivity index (χ2v) is 6.43. The van der Waals surface area contributed by atoms with Gasteiger partial charge in [-0.3, -0.25) is 0 Å². The molecule has 1 aromatic carbocycles. The highest BCUT2D eigenvalue weighted by molar-refractivity contribution is 6.06. The van der Waals surface area contributed by atoms with E-state index in [-0.39, 0.29) is 23.7 Å². The lowest BCUT2D eigenvalue weighted by Gasteiger charge is -2.21. The fourth-order valence-electron chi connectivity index (χ4n) is 2.78. The van der Waals surface area contributed by atoms with Crippen LogP contribution >= 0.6 is 0 Å². The highest BCUT2D eigenvalue weighted by Gasteiger charge is 2.32. The van der Waals surface area contributed by atoms with Gasteiger partial charge in [0.2, 0.25) is 0 Å². The Morgan fingerprint density at radius 2 is 1.83 bits per heavy atom. The molecule has 0 aliphatic rings. The van der Waals surface area contributed by atoms with Crippen LogP contribution in [-0.2, 0) is 13.0 Å². The number of hydrogen-bond acceptors (Lipinski definition) is 4. The molecule has 8 heteroatoms. The van der Waals surface area contributed by atoms with Crippen LogP contribution in [0.2, 0.25) is 0 Å². The summed E-state index contributed by atoms with van der Waals surface area (Å²) in [5, 5.41) is 10.8. The lowest BCUT2D eigenvalue weighted by atomic mass is 10.1. The summed E-state index contributed by atoms with van der Waals surface area (Å²) in [5.41, 5.74) is 5.93. The summed E-state index contributed by atoms with van der Waals surface area (Å²) in [7, 11) is 0. The number of hydrogen-bond donors (Lipinski definition) is 2. The molecule has 0 bridgehead atoms. The molecule has 2 heterocycles. The molecule has 128 valence electrons. The third kappa shape index (κ3) is 3.14. The second-order valence-electron chi connectivity index (χ2n) is 6.43. The molecular weight excluding hydrogens is 321 g/mol. The van der Waals surface area contributed by atoms with Crippen molar-refractivity contribution in [1.82, 2.24) is 14.5 Å². The normalized spacial score (nSPS) is 13.1. The highest BCUT2D eigenvalue weighted by Crippen LogP contribution is 2.32. The van der Waals surface area contributed by atoms with Gasteiger partial charge in [-0.2, -0.15) is 13.2 Å². The van der Waals surface area contributed by atoms with E-state index in [9.17, 15) is 18.3 Å². The van der Waals surface area contributed by atoms with Crippen LogP contribution in [0.15, 0.2) is 24.3 Å². The van der Waals surface area contributed by atoms with Crippen molar-refractivity contribution in [3.8, 4) is 0 Å². The number of aliphatic hydroxyl groups is 1. The molecule has 2 aromatic heterocycles. The van der Waals surface area contributed by atoms with Crippen molar-refractivity contribution < 1.29 is 18.3 Å². The number of benzene rings is 1. The minimum absolute atomic E-state index is 0.0393. The predicted molar refractivity (Wildman–Crippen MR) is 85.5 cm³/mol. The molecule has 0 aliphatic heterocycles. The first-order chi connectivity index (χ1) is 11.1. The number of nitrogens with two attached hydrogens (primary N) is 1. The fourth-order valence-corrected chi connectivity index (χ4v) is 2.78. The topological polar surface area (TPSA) is 77.0 Å². The van der Waals surface area contributed by atoms with Crippen molar-refractivity contribution in [3.63, 3.8) is 0 Å². The van der Waals surface area contributed by atoms with Crippen molar-refractivity contribution in [1.29, 1.82) is 0 Å². The fraction of sp³-hybridized carbons (Fsp3) is 0.375. The molecular formula is C16H17F3N4O. The van der Waals surface area contributed by atoms with Crippen LogP contribution in [0.1, 0.15) is 19.7 Å². The van der Waals surface area contributed by atoms with Crippen molar-refractivity contribution in [2.45, 2.75) is 38.6 Å². The zero-order valence-electron chi connectivity index (χ0n) is 13.2. The van der Waals surface area contributed by atoms with E-state index in [2.05, 4.69) is 9.97 Å². The first-order valence-corrected chi connectivity index (χ1v) is 7.38. The largest absolute Gasteiger partial charge is 0.396 e. The number of nitrogens with zero attached hydrogens (tertiary/aromatic N) is 3. The quantitative estimate of drug-likeness (QED) is 0.769. The Balaban J connectivity index is 2.37. The predicted octanol–water partition coefficient (Wildman–Crippen LogP) is 3.04. The van der Waals surface area contributed by atoms with E-state index in [0.717, 1.165) is 0 Å². The van der Waals surface area contributed by atoms with Gasteiger partial charge >= 0.3 is 6.18 Å². The molecule has 0 saturated carbocycles. The molecule has 5 nitrogen and oxygen atoms in total. The van der Waals surface area contributed by atoms with E-state index in [0.29, 0.717) is 16.4 Å². The van der Waals surface area contributed by atoms with Crippen LogP contribution in [0.3, 0.4) is 0 Å². The smallest absolute Gasteiger partial charge is 0.389 e. The molecule has 0 unspecified atom stereocenters. The third-order valence-electron chi connectivity index (χ3n) is 3.59. The summed E-state index contributed by atoms with van der Waals surface area (Å²) in [6.45, 7) is 3.02. The number of fused-ring (bicyclic) bond motifs is 3. The number of alkyl halides is 3. The SMILES string of the molecule is CC(C)(O)Cn1c(CC(F)(F)F)nc2c(N)nc3ccccc3c21. The van der Waals surface area contributed by atoms with Crippen molar-refractivity contribution >= 4 is 27.8 Å². The van der Waals surface area contributed by atoms with Gasteiger partial charge in [0.15, 0.2) is 5.82 Å². The van der Waals surface area contributed by atoms with E-state index >= 15 is 0 Å². The maximum atomic E-state index is 12.9. The third-order valence-corrected chi connectivity index (χ3v) is 3.59. The van der Waals surface area contributed by atoms with E-state index in [1.54, 1.807) is 24.3 Å². The number of pyridine rings is 1. The van der Waals surface area contributed by atoms with E-state index in [4.69, 9.17) is 5.73 Å². The van der Waals surface area contributed by atoms with E-state index in [1.807, 2.05) is 0 Å². The molecule has 0 spiro atoms. The number of rotatable bonds is 3.